The van der Waals surface area contributed by atoms with Crippen molar-refractivity contribution < 1.29 is 23.6 Å². The number of carbonyl (C=O) groups excluding carboxylic acids is 2. The molecule has 0 unspecified atom stereocenters. The van der Waals surface area contributed by atoms with Crippen LogP contribution in [0.3, 0.4) is 0 Å². The van der Waals surface area contributed by atoms with Gasteiger partial charge in [0.05, 0.1) is 10.5 Å². The van der Waals surface area contributed by atoms with Crippen molar-refractivity contribution in [3.63, 3.8) is 0 Å². The third kappa shape index (κ3) is 4.85. The topological polar surface area (TPSA) is 98.5 Å². The number of aryl methyl sites for hydroxylation is 1. The van der Waals surface area contributed by atoms with Gasteiger partial charge in [-0.2, -0.15) is 0 Å². The van der Waals surface area contributed by atoms with E-state index in [1.165, 1.54) is 49.4 Å². The molecular formula is C22H17FN2O5. The first-order valence-corrected chi connectivity index (χ1v) is 8.92. The van der Waals surface area contributed by atoms with Crippen LogP contribution >= 0.6 is 0 Å². The summed E-state index contributed by atoms with van der Waals surface area (Å²) in [7, 11) is 0. The number of carbonyl (C=O) groups is 2. The minimum Gasteiger partial charge on any atom is -0.444 e. The van der Waals surface area contributed by atoms with Crippen LogP contribution in [0.4, 0.5) is 15.8 Å². The maximum Gasteiger partial charge on any atom is 0.339 e. The highest BCUT2D eigenvalue weighted by atomic mass is 19.1. The van der Waals surface area contributed by atoms with Crippen molar-refractivity contribution in [2.75, 3.05) is 5.32 Å². The zero-order chi connectivity index (χ0) is 21.7. The zero-order valence-electron chi connectivity index (χ0n) is 15.9. The van der Waals surface area contributed by atoms with Crippen LogP contribution in [0.5, 0.6) is 0 Å². The standard InChI is InChI=1S/C22H17FN2O5/c1-14-13-16(7-12-19(14)25(28)29)22(27)30-20(15-5-3-2-4-6-15)21(26)24-18-10-8-17(23)9-11-18/h2-13,20H,1H3,(H,24,26)/t20-/m0/s1. The maximum absolute atomic E-state index is 13.1. The summed E-state index contributed by atoms with van der Waals surface area (Å²) in [5.41, 5.74) is 1.02. The lowest BCUT2D eigenvalue weighted by Gasteiger charge is -2.18. The largest absolute Gasteiger partial charge is 0.444 e. The second-order valence-corrected chi connectivity index (χ2v) is 6.45. The van der Waals surface area contributed by atoms with E-state index >= 15 is 0 Å². The number of benzene rings is 3. The number of rotatable bonds is 6. The molecule has 1 atom stereocenters. The van der Waals surface area contributed by atoms with Gasteiger partial charge < -0.3 is 10.1 Å². The van der Waals surface area contributed by atoms with E-state index in [0.717, 1.165) is 0 Å². The molecule has 0 aliphatic rings. The molecule has 0 heterocycles. The van der Waals surface area contributed by atoms with Crippen molar-refractivity contribution in [1.82, 2.24) is 0 Å². The smallest absolute Gasteiger partial charge is 0.339 e. The summed E-state index contributed by atoms with van der Waals surface area (Å²) in [4.78, 5) is 35.9. The molecule has 0 radical (unpaired) electrons. The number of hydrogen-bond donors (Lipinski definition) is 1. The molecule has 0 spiro atoms. The van der Waals surface area contributed by atoms with Gasteiger partial charge in [-0.25, -0.2) is 9.18 Å². The van der Waals surface area contributed by atoms with Crippen LogP contribution in [0.15, 0.2) is 72.8 Å². The molecule has 0 aromatic heterocycles. The normalized spacial score (nSPS) is 11.4. The molecule has 3 aromatic carbocycles. The average Bonchev–Trinajstić information content (AvgIpc) is 2.73. The number of nitro groups is 1. The minimum atomic E-state index is -1.28. The number of anilines is 1. The Kier molecular flexibility index (Phi) is 6.17. The highest BCUT2D eigenvalue weighted by Crippen LogP contribution is 2.24. The van der Waals surface area contributed by atoms with Gasteiger partial charge in [-0.1, -0.05) is 30.3 Å². The van der Waals surface area contributed by atoms with Gasteiger partial charge in [0.25, 0.3) is 11.6 Å². The van der Waals surface area contributed by atoms with Crippen LogP contribution in [0, 0.1) is 22.9 Å². The summed E-state index contributed by atoms with van der Waals surface area (Å²) in [5.74, 6) is -1.89. The van der Waals surface area contributed by atoms with Crippen molar-refractivity contribution >= 4 is 23.3 Å². The molecule has 7 nitrogen and oxygen atoms in total. The number of nitrogens with zero attached hydrogens (tertiary/aromatic N) is 1. The number of nitrogens with one attached hydrogen (secondary N) is 1. The van der Waals surface area contributed by atoms with Crippen molar-refractivity contribution in [3.8, 4) is 0 Å². The fourth-order valence-electron chi connectivity index (χ4n) is 2.80. The summed E-state index contributed by atoms with van der Waals surface area (Å²) >= 11 is 0. The number of nitro benzene ring substituents is 1. The first-order valence-electron chi connectivity index (χ1n) is 8.92. The summed E-state index contributed by atoms with van der Waals surface area (Å²) in [6.07, 6.45) is -1.28. The molecule has 1 N–H and O–H groups in total. The average molecular weight is 408 g/mol. The number of ether oxygens (including phenoxy) is 1. The molecule has 0 saturated carbocycles. The van der Waals surface area contributed by atoms with Crippen LogP contribution in [-0.2, 0) is 9.53 Å². The quantitative estimate of drug-likeness (QED) is 0.366. The fourth-order valence-corrected chi connectivity index (χ4v) is 2.80. The van der Waals surface area contributed by atoms with E-state index in [1.807, 2.05) is 0 Å². The van der Waals surface area contributed by atoms with Gasteiger partial charge in [-0.15, -0.1) is 0 Å². The SMILES string of the molecule is Cc1cc(C(=O)O[C@H](C(=O)Nc2ccc(F)cc2)c2ccccc2)ccc1[N+](=O)[O-]. The predicted molar refractivity (Wildman–Crippen MR) is 107 cm³/mol. The molecule has 30 heavy (non-hydrogen) atoms. The molecule has 0 aliphatic carbocycles. The Morgan fingerprint density at radius 1 is 1.03 bits per heavy atom. The monoisotopic (exact) mass is 408 g/mol. The van der Waals surface area contributed by atoms with E-state index in [-0.39, 0.29) is 11.3 Å². The van der Waals surface area contributed by atoms with Crippen LogP contribution in [0.25, 0.3) is 0 Å². The molecule has 152 valence electrons. The number of halogens is 1. The molecular weight excluding hydrogens is 391 g/mol. The van der Waals surface area contributed by atoms with Crippen molar-refractivity contribution in [2.24, 2.45) is 0 Å². The van der Waals surface area contributed by atoms with Crippen molar-refractivity contribution in [2.45, 2.75) is 13.0 Å². The molecule has 8 heteroatoms. The minimum absolute atomic E-state index is 0.0774. The second-order valence-electron chi connectivity index (χ2n) is 6.45. The Morgan fingerprint density at radius 3 is 2.30 bits per heavy atom. The van der Waals surface area contributed by atoms with Crippen LogP contribution in [0.2, 0.25) is 0 Å². The Morgan fingerprint density at radius 2 is 1.70 bits per heavy atom. The Labute approximate surface area is 171 Å². The summed E-state index contributed by atoms with van der Waals surface area (Å²) in [6.45, 7) is 1.50. The Balaban J connectivity index is 1.85. The maximum atomic E-state index is 13.1. The van der Waals surface area contributed by atoms with E-state index in [4.69, 9.17) is 4.74 Å². The van der Waals surface area contributed by atoms with Gasteiger partial charge in [0.15, 0.2) is 0 Å². The van der Waals surface area contributed by atoms with Gasteiger partial charge in [0.1, 0.15) is 5.82 Å². The molecule has 0 aliphatic heterocycles. The van der Waals surface area contributed by atoms with Crippen LogP contribution in [0.1, 0.15) is 27.6 Å². The lowest BCUT2D eigenvalue weighted by molar-refractivity contribution is -0.385. The number of hydrogen-bond acceptors (Lipinski definition) is 5. The Bertz CT molecular complexity index is 1080. The molecule has 3 aromatic rings. The van der Waals surface area contributed by atoms with Gasteiger partial charge in [-0.05, 0) is 43.3 Å². The van der Waals surface area contributed by atoms with E-state index in [1.54, 1.807) is 30.3 Å². The van der Waals surface area contributed by atoms with Gasteiger partial charge in [0, 0.05) is 22.9 Å². The highest BCUT2D eigenvalue weighted by molar-refractivity contribution is 5.98. The molecule has 1 amide bonds. The zero-order valence-corrected chi connectivity index (χ0v) is 15.9. The van der Waals surface area contributed by atoms with Gasteiger partial charge >= 0.3 is 5.97 Å². The van der Waals surface area contributed by atoms with E-state index in [9.17, 15) is 24.1 Å². The van der Waals surface area contributed by atoms with E-state index in [2.05, 4.69) is 5.32 Å². The van der Waals surface area contributed by atoms with Crippen molar-refractivity contribution in [1.29, 1.82) is 0 Å². The third-order valence-corrected chi connectivity index (χ3v) is 4.31. The summed E-state index contributed by atoms with van der Waals surface area (Å²) in [6, 6.07) is 17.4. The predicted octanol–water partition coefficient (Wildman–Crippen LogP) is 4.58. The third-order valence-electron chi connectivity index (χ3n) is 4.31. The van der Waals surface area contributed by atoms with Crippen LogP contribution in [-0.4, -0.2) is 16.8 Å². The first kappa shape index (κ1) is 20.7. The second kappa shape index (κ2) is 8.95. The number of esters is 1. The van der Waals surface area contributed by atoms with E-state index in [0.29, 0.717) is 16.8 Å². The summed E-state index contributed by atoms with van der Waals surface area (Å²) in [5, 5.41) is 13.6. The van der Waals surface area contributed by atoms with Crippen LogP contribution < -0.4 is 5.32 Å². The lowest BCUT2D eigenvalue weighted by atomic mass is 10.1. The van der Waals surface area contributed by atoms with E-state index < -0.39 is 28.7 Å². The first-order chi connectivity index (χ1) is 14.3. The number of amides is 1. The fraction of sp³-hybridized carbons (Fsp3) is 0.0909. The van der Waals surface area contributed by atoms with Gasteiger partial charge in [-0.3, -0.25) is 14.9 Å². The molecule has 0 fully saturated rings. The molecule has 0 bridgehead atoms. The van der Waals surface area contributed by atoms with Crippen molar-refractivity contribution in [3.05, 3.63) is 105 Å². The summed E-state index contributed by atoms with van der Waals surface area (Å²) < 4.78 is 18.5. The van der Waals surface area contributed by atoms with Gasteiger partial charge in [0.2, 0.25) is 6.10 Å². The highest BCUT2D eigenvalue weighted by Gasteiger charge is 2.26. The Hall–Kier alpha value is -4.07. The molecule has 0 saturated heterocycles. The lowest BCUT2D eigenvalue weighted by Crippen LogP contribution is -2.26. The molecule has 3 rings (SSSR count).